The van der Waals surface area contributed by atoms with E-state index in [0.29, 0.717) is 5.84 Å². The molecule has 0 N–H and O–H groups in total. The Bertz CT molecular complexity index is 666. The van der Waals surface area contributed by atoms with Crippen LogP contribution in [0.15, 0.2) is 35.3 Å². The molecule has 1 saturated heterocycles. The number of amidine groups is 1. The molecule has 0 saturated carbocycles. The summed E-state index contributed by atoms with van der Waals surface area (Å²) < 4.78 is 10.1. The molecule has 0 aliphatic carbocycles. The van der Waals surface area contributed by atoms with E-state index in [1.165, 1.54) is 14.2 Å². The highest BCUT2D eigenvalue weighted by atomic mass is 16.5. The van der Waals surface area contributed by atoms with Gasteiger partial charge < -0.3 is 14.4 Å². The summed E-state index contributed by atoms with van der Waals surface area (Å²) in [6.07, 6.45) is 0.236. The van der Waals surface area contributed by atoms with Gasteiger partial charge in [-0.3, -0.25) is 14.6 Å². The Morgan fingerprint density at radius 1 is 1.08 bits per heavy atom. The lowest BCUT2D eigenvalue weighted by molar-refractivity contribution is -0.163. The van der Waals surface area contributed by atoms with Crippen LogP contribution in [0.3, 0.4) is 0 Å². The van der Waals surface area contributed by atoms with Gasteiger partial charge in [-0.2, -0.15) is 0 Å². The van der Waals surface area contributed by atoms with E-state index >= 15 is 0 Å². The Morgan fingerprint density at radius 3 is 2.04 bits per heavy atom. The van der Waals surface area contributed by atoms with Crippen LogP contribution in [-0.2, 0) is 19.1 Å². The van der Waals surface area contributed by atoms with E-state index in [1.807, 2.05) is 62.9 Å². The number of hydrogen-bond donors (Lipinski definition) is 0. The van der Waals surface area contributed by atoms with E-state index in [4.69, 9.17) is 9.47 Å². The van der Waals surface area contributed by atoms with E-state index < -0.39 is 17.4 Å². The van der Waals surface area contributed by atoms with Crippen LogP contribution in [0.25, 0.3) is 0 Å². The maximum absolute atomic E-state index is 12.8. The lowest BCUT2D eigenvalue weighted by atomic mass is 9.83. The van der Waals surface area contributed by atoms with Crippen LogP contribution in [-0.4, -0.2) is 49.0 Å². The molecule has 1 aromatic carbocycles. The average molecular weight is 360 g/mol. The Labute approximate surface area is 155 Å². The van der Waals surface area contributed by atoms with Crippen LogP contribution in [0.1, 0.15) is 45.7 Å². The standard InChI is InChI=1S/C20H28N2O4/c1-13(2)21-17-20(18(23)25-5,19(24)26-6)12-16(22(17)14(3)4)15-10-8-7-9-11-15/h7-11,13-14,16H,12H2,1-6H3. The quantitative estimate of drug-likeness (QED) is 0.596. The van der Waals surface area contributed by atoms with Crippen molar-refractivity contribution in [1.29, 1.82) is 0 Å². The normalized spacial score (nSPS) is 20.7. The highest BCUT2D eigenvalue weighted by Crippen LogP contribution is 2.47. The summed E-state index contributed by atoms with van der Waals surface area (Å²) in [7, 11) is 2.57. The second-order valence-corrected chi connectivity index (χ2v) is 7.07. The molecule has 26 heavy (non-hydrogen) atoms. The minimum absolute atomic E-state index is 0.0360. The summed E-state index contributed by atoms with van der Waals surface area (Å²) >= 11 is 0. The van der Waals surface area contributed by atoms with Crippen molar-refractivity contribution < 1.29 is 19.1 Å². The number of methoxy groups -OCH3 is 2. The third-order valence-electron chi connectivity index (χ3n) is 4.65. The largest absolute Gasteiger partial charge is 0.468 e. The van der Waals surface area contributed by atoms with Gasteiger partial charge in [0.15, 0.2) is 0 Å². The molecule has 1 unspecified atom stereocenters. The molecule has 1 heterocycles. The molecular formula is C20H28N2O4. The zero-order chi connectivity index (χ0) is 19.5. The third kappa shape index (κ3) is 3.32. The van der Waals surface area contributed by atoms with Crippen molar-refractivity contribution in [1.82, 2.24) is 4.90 Å². The molecule has 2 rings (SSSR count). The van der Waals surface area contributed by atoms with E-state index in [1.54, 1.807) is 0 Å². The molecule has 0 radical (unpaired) electrons. The zero-order valence-corrected chi connectivity index (χ0v) is 16.4. The maximum atomic E-state index is 12.8. The van der Waals surface area contributed by atoms with Gasteiger partial charge in [-0.1, -0.05) is 30.3 Å². The first kappa shape index (κ1) is 19.9. The predicted molar refractivity (Wildman–Crippen MR) is 99.8 cm³/mol. The molecule has 0 aromatic heterocycles. The fourth-order valence-electron chi connectivity index (χ4n) is 3.61. The third-order valence-corrected chi connectivity index (χ3v) is 4.65. The van der Waals surface area contributed by atoms with Crippen molar-refractivity contribution in [3.8, 4) is 0 Å². The fourth-order valence-corrected chi connectivity index (χ4v) is 3.61. The summed E-state index contributed by atoms with van der Waals surface area (Å²) in [6, 6.07) is 9.60. The van der Waals surface area contributed by atoms with Crippen LogP contribution in [0, 0.1) is 5.41 Å². The van der Waals surface area contributed by atoms with Gasteiger partial charge in [0, 0.05) is 18.5 Å². The van der Waals surface area contributed by atoms with Crippen LogP contribution in [0.5, 0.6) is 0 Å². The minimum atomic E-state index is -1.56. The van der Waals surface area contributed by atoms with Gasteiger partial charge in [0.05, 0.1) is 20.3 Å². The SMILES string of the molecule is COC(=O)C1(C(=O)OC)CC(c2ccccc2)N(C(C)C)C1=NC(C)C. The van der Waals surface area contributed by atoms with Crippen molar-refractivity contribution in [3.63, 3.8) is 0 Å². The highest BCUT2D eigenvalue weighted by Gasteiger charge is 2.62. The summed E-state index contributed by atoms with van der Waals surface area (Å²) in [5, 5.41) is 0. The number of nitrogens with zero attached hydrogens (tertiary/aromatic N) is 2. The topological polar surface area (TPSA) is 68.2 Å². The molecule has 0 amide bonds. The van der Waals surface area contributed by atoms with Crippen LogP contribution in [0.4, 0.5) is 0 Å². The summed E-state index contributed by atoms with van der Waals surface area (Å²) in [6.45, 7) is 7.88. The highest BCUT2D eigenvalue weighted by molar-refractivity contribution is 6.22. The zero-order valence-electron chi connectivity index (χ0n) is 16.4. The number of hydrogen-bond acceptors (Lipinski definition) is 5. The van der Waals surface area contributed by atoms with Crippen molar-refractivity contribution in [2.75, 3.05) is 14.2 Å². The smallest absolute Gasteiger partial charge is 0.331 e. The summed E-state index contributed by atoms with van der Waals surface area (Å²) in [5.74, 6) is -0.837. The Hall–Kier alpha value is -2.37. The lowest BCUT2D eigenvalue weighted by Crippen LogP contribution is -2.49. The summed E-state index contributed by atoms with van der Waals surface area (Å²) in [4.78, 5) is 32.4. The van der Waals surface area contributed by atoms with Crippen molar-refractivity contribution in [3.05, 3.63) is 35.9 Å². The Balaban J connectivity index is 2.73. The first-order valence-electron chi connectivity index (χ1n) is 8.88. The predicted octanol–water partition coefficient (Wildman–Crippen LogP) is 2.98. The average Bonchev–Trinajstić information content (AvgIpc) is 2.96. The second-order valence-electron chi connectivity index (χ2n) is 7.07. The molecular weight excluding hydrogens is 332 g/mol. The molecule has 1 aliphatic heterocycles. The first-order chi connectivity index (χ1) is 12.3. The van der Waals surface area contributed by atoms with Crippen LogP contribution in [0.2, 0.25) is 0 Å². The van der Waals surface area contributed by atoms with Gasteiger partial charge in [0.2, 0.25) is 5.41 Å². The number of likely N-dealkylation sites (tertiary alicyclic amines) is 1. The van der Waals surface area contributed by atoms with E-state index in [-0.39, 0.29) is 24.5 Å². The Kier molecular flexibility index (Phi) is 6.05. The number of aliphatic imine (C=N–C) groups is 1. The molecule has 1 atom stereocenters. The molecule has 1 aliphatic rings. The molecule has 1 aromatic rings. The number of ether oxygens (including phenoxy) is 2. The van der Waals surface area contributed by atoms with Crippen molar-refractivity contribution >= 4 is 17.8 Å². The van der Waals surface area contributed by atoms with Gasteiger partial charge in [-0.05, 0) is 33.3 Å². The number of carbonyl (C=O) groups excluding carboxylic acids is 2. The molecule has 0 spiro atoms. The molecule has 1 fully saturated rings. The molecule has 142 valence electrons. The molecule has 6 nitrogen and oxygen atoms in total. The summed E-state index contributed by atoms with van der Waals surface area (Å²) in [5.41, 5.74) is -0.536. The monoisotopic (exact) mass is 360 g/mol. The number of benzene rings is 1. The number of carbonyl (C=O) groups is 2. The Morgan fingerprint density at radius 2 is 1.62 bits per heavy atom. The number of rotatable bonds is 5. The van der Waals surface area contributed by atoms with Gasteiger partial charge in [0.25, 0.3) is 0 Å². The van der Waals surface area contributed by atoms with Gasteiger partial charge >= 0.3 is 11.9 Å². The lowest BCUT2D eigenvalue weighted by Gasteiger charge is -2.33. The van der Waals surface area contributed by atoms with Gasteiger partial charge in [0.1, 0.15) is 5.84 Å². The van der Waals surface area contributed by atoms with Gasteiger partial charge in [-0.25, -0.2) is 0 Å². The van der Waals surface area contributed by atoms with Gasteiger partial charge in [-0.15, -0.1) is 0 Å². The van der Waals surface area contributed by atoms with Crippen molar-refractivity contribution in [2.45, 2.75) is 52.2 Å². The minimum Gasteiger partial charge on any atom is -0.468 e. The van der Waals surface area contributed by atoms with Crippen LogP contribution >= 0.6 is 0 Å². The van der Waals surface area contributed by atoms with E-state index in [2.05, 4.69) is 4.99 Å². The van der Waals surface area contributed by atoms with E-state index in [9.17, 15) is 9.59 Å². The fraction of sp³-hybridized carbons (Fsp3) is 0.550. The maximum Gasteiger partial charge on any atom is 0.331 e. The first-order valence-corrected chi connectivity index (χ1v) is 8.88. The van der Waals surface area contributed by atoms with Crippen LogP contribution < -0.4 is 0 Å². The van der Waals surface area contributed by atoms with Crippen molar-refractivity contribution in [2.24, 2.45) is 10.4 Å². The molecule has 0 bridgehead atoms. The second kappa shape index (κ2) is 7.89. The molecule has 6 heteroatoms. The number of esters is 2. The van der Waals surface area contributed by atoms with E-state index in [0.717, 1.165) is 5.56 Å².